The molecule has 51 valence electrons. The summed E-state index contributed by atoms with van der Waals surface area (Å²) < 4.78 is 0. The molecule has 2 heteroatoms. The smallest absolute Gasteiger partial charge is 0.242 e. The van der Waals surface area contributed by atoms with Gasteiger partial charge in [0.15, 0.2) is 0 Å². The van der Waals surface area contributed by atoms with E-state index in [1.54, 1.807) is 6.92 Å². The normalized spacial score (nSPS) is 12.2. The van der Waals surface area contributed by atoms with Crippen LogP contribution in [0.4, 0.5) is 0 Å². The Labute approximate surface area is 55.2 Å². The number of rotatable bonds is 2. The Hall–Kier alpha value is -0.790. The van der Waals surface area contributed by atoms with Crippen LogP contribution < -0.4 is 0 Å². The molecule has 2 nitrogen and oxygen atoms in total. The molecule has 0 bridgehead atoms. The van der Waals surface area contributed by atoms with Gasteiger partial charge in [-0.15, -0.1) is 0 Å². The van der Waals surface area contributed by atoms with Crippen molar-refractivity contribution in [1.29, 1.82) is 0 Å². The molecule has 0 spiro atoms. The molecule has 0 aromatic carbocycles. The maximum absolute atomic E-state index is 9.93. The third-order valence-corrected chi connectivity index (χ3v) is 1.26. The second-order valence-corrected chi connectivity index (χ2v) is 2.36. The highest BCUT2D eigenvalue weighted by Crippen LogP contribution is 2.06. The van der Waals surface area contributed by atoms with E-state index in [0.717, 1.165) is 11.6 Å². The molecule has 0 unspecified atom stereocenters. The molecule has 0 rings (SSSR count). The third-order valence-electron chi connectivity index (χ3n) is 1.26. The summed E-state index contributed by atoms with van der Waals surface area (Å²) in [5, 5.41) is 9.93. The van der Waals surface area contributed by atoms with Crippen LogP contribution in [-0.2, 0) is 9.90 Å². The van der Waals surface area contributed by atoms with Crippen molar-refractivity contribution in [3.63, 3.8) is 0 Å². The monoisotopic (exact) mass is 127 g/mol. The van der Waals surface area contributed by atoms with Gasteiger partial charge < -0.3 is 0 Å². The van der Waals surface area contributed by atoms with E-state index in [9.17, 15) is 9.90 Å². The predicted molar refractivity (Wildman–Crippen MR) is 34.3 cm³/mol. The Balaban J connectivity index is 4.00. The molecular formula is C7H11O2. The lowest BCUT2D eigenvalue weighted by molar-refractivity contribution is -0.137. The summed E-state index contributed by atoms with van der Waals surface area (Å²) in [7, 11) is 0. The topological polar surface area (TPSA) is 37.0 Å². The number of carbonyl (C=O) groups excluding carboxylic acids is 1. The van der Waals surface area contributed by atoms with E-state index in [2.05, 4.69) is 0 Å². The van der Waals surface area contributed by atoms with E-state index in [4.69, 9.17) is 0 Å². The van der Waals surface area contributed by atoms with Crippen molar-refractivity contribution in [1.82, 2.24) is 0 Å². The van der Waals surface area contributed by atoms with E-state index >= 15 is 0 Å². The van der Waals surface area contributed by atoms with Crippen LogP contribution in [0, 0.1) is 5.92 Å². The summed E-state index contributed by atoms with van der Waals surface area (Å²) in [5.74, 6) is -0.816. The largest absolute Gasteiger partial charge is 0.379 e. The lowest BCUT2D eigenvalue weighted by atomic mass is 10.1. The van der Waals surface area contributed by atoms with Gasteiger partial charge in [-0.1, -0.05) is 19.4 Å². The molecule has 0 N–H and O–H groups in total. The maximum Gasteiger partial charge on any atom is 0.379 e. The third kappa shape index (κ3) is 3.76. The van der Waals surface area contributed by atoms with Crippen LogP contribution >= 0.6 is 0 Å². The highest BCUT2D eigenvalue weighted by atomic mass is 16.4. The van der Waals surface area contributed by atoms with Gasteiger partial charge in [0, 0.05) is 6.08 Å². The molecule has 0 aliphatic rings. The molecule has 0 atom stereocenters. The zero-order valence-corrected chi connectivity index (χ0v) is 5.97. The fourth-order valence-electron chi connectivity index (χ4n) is 0.353. The molecule has 0 aliphatic heterocycles. The lowest BCUT2D eigenvalue weighted by Crippen LogP contribution is -1.93. The number of carbonyl (C=O) groups is 1. The van der Waals surface area contributed by atoms with Crippen LogP contribution in [0.1, 0.15) is 20.8 Å². The lowest BCUT2D eigenvalue weighted by Gasteiger charge is -2.00. The minimum Gasteiger partial charge on any atom is -0.242 e. The number of allylic oxidation sites excluding steroid dienone is 1. The second-order valence-electron chi connectivity index (χ2n) is 2.36. The zero-order valence-electron chi connectivity index (χ0n) is 5.97. The van der Waals surface area contributed by atoms with Crippen LogP contribution in [0.5, 0.6) is 0 Å². The molecule has 9 heavy (non-hydrogen) atoms. The summed E-state index contributed by atoms with van der Waals surface area (Å²) in [5.41, 5.74) is 0.843. The van der Waals surface area contributed by atoms with Gasteiger partial charge in [0.05, 0.1) is 0 Å². The molecular weight excluding hydrogens is 116 g/mol. The molecule has 0 heterocycles. The summed E-state index contributed by atoms with van der Waals surface area (Å²) in [4.78, 5) is 9.93. The Morgan fingerprint density at radius 1 is 1.44 bits per heavy atom. The minimum absolute atomic E-state index is 0.294. The average molecular weight is 127 g/mol. The van der Waals surface area contributed by atoms with Crippen LogP contribution in [0.2, 0.25) is 0 Å². The van der Waals surface area contributed by atoms with Crippen LogP contribution in [0.25, 0.3) is 0 Å². The highest BCUT2D eigenvalue weighted by Gasteiger charge is 1.98. The first-order chi connectivity index (χ1) is 4.04. The molecule has 1 radical (unpaired) electrons. The van der Waals surface area contributed by atoms with E-state index < -0.39 is 5.97 Å². The van der Waals surface area contributed by atoms with Crippen molar-refractivity contribution >= 4 is 5.97 Å². The van der Waals surface area contributed by atoms with Crippen molar-refractivity contribution in [2.45, 2.75) is 20.8 Å². The van der Waals surface area contributed by atoms with Gasteiger partial charge in [-0.2, -0.15) is 0 Å². The van der Waals surface area contributed by atoms with Gasteiger partial charge in [-0.05, 0) is 12.8 Å². The molecule has 0 amide bonds. The SMILES string of the molecule is C/C(=C\C([O])=O)C(C)C. The van der Waals surface area contributed by atoms with Crippen molar-refractivity contribution in [3.05, 3.63) is 11.6 Å². The van der Waals surface area contributed by atoms with Crippen molar-refractivity contribution in [2.24, 2.45) is 5.92 Å². The Morgan fingerprint density at radius 3 is 2.00 bits per heavy atom. The number of hydrogen-bond donors (Lipinski definition) is 0. The first kappa shape index (κ1) is 8.21. The highest BCUT2D eigenvalue weighted by molar-refractivity contribution is 5.80. The van der Waals surface area contributed by atoms with Gasteiger partial charge in [-0.25, -0.2) is 9.90 Å². The average Bonchev–Trinajstić information content (AvgIpc) is 1.63. The van der Waals surface area contributed by atoms with E-state index in [-0.39, 0.29) is 0 Å². The molecule has 0 fully saturated rings. The van der Waals surface area contributed by atoms with E-state index in [0.29, 0.717) is 5.92 Å². The molecule has 0 saturated carbocycles. The standard InChI is InChI=1S/C7H11O2/c1-5(2)6(3)4-7(8)9/h4-5H,1-3H3/b6-4+. The van der Waals surface area contributed by atoms with Gasteiger partial charge in [0.25, 0.3) is 0 Å². The summed E-state index contributed by atoms with van der Waals surface area (Å²) in [6.45, 7) is 5.66. The molecule has 0 saturated heterocycles. The first-order valence-electron chi connectivity index (χ1n) is 2.93. The Morgan fingerprint density at radius 2 is 1.89 bits per heavy atom. The van der Waals surface area contributed by atoms with Gasteiger partial charge in [0.1, 0.15) is 0 Å². The van der Waals surface area contributed by atoms with Crippen molar-refractivity contribution in [3.8, 4) is 0 Å². The van der Waals surface area contributed by atoms with Gasteiger partial charge >= 0.3 is 5.97 Å². The van der Waals surface area contributed by atoms with E-state index in [1.165, 1.54) is 0 Å². The molecule has 0 aromatic rings. The van der Waals surface area contributed by atoms with Crippen LogP contribution in [0.3, 0.4) is 0 Å². The minimum atomic E-state index is -1.11. The Bertz CT molecular complexity index is 134. The van der Waals surface area contributed by atoms with Crippen molar-refractivity contribution < 1.29 is 9.90 Å². The fraction of sp³-hybridized carbons (Fsp3) is 0.571. The second kappa shape index (κ2) is 3.28. The fourth-order valence-corrected chi connectivity index (χ4v) is 0.353. The molecule has 0 aliphatic carbocycles. The first-order valence-corrected chi connectivity index (χ1v) is 2.93. The quantitative estimate of drug-likeness (QED) is 0.518. The Kier molecular flexibility index (Phi) is 2.99. The van der Waals surface area contributed by atoms with Crippen molar-refractivity contribution in [2.75, 3.05) is 0 Å². The number of hydrogen-bond acceptors (Lipinski definition) is 1. The van der Waals surface area contributed by atoms with Crippen LogP contribution in [-0.4, -0.2) is 5.97 Å². The van der Waals surface area contributed by atoms with Crippen LogP contribution in [0.15, 0.2) is 11.6 Å². The van der Waals surface area contributed by atoms with Gasteiger partial charge in [0.2, 0.25) is 0 Å². The van der Waals surface area contributed by atoms with Gasteiger partial charge in [-0.3, -0.25) is 0 Å². The summed E-state index contributed by atoms with van der Waals surface area (Å²) >= 11 is 0. The summed E-state index contributed by atoms with van der Waals surface area (Å²) in [6, 6.07) is 0. The molecule has 0 aromatic heterocycles. The van der Waals surface area contributed by atoms with E-state index in [1.807, 2.05) is 13.8 Å². The maximum atomic E-state index is 9.93. The predicted octanol–water partition coefficient (Wildman–Crippen LogP) is 1.55. The summed E-state index contributed by atoms with van der Waals surface area (Å²) in [6.07, 6.45) is 1.13. The zero-order chi connectivity index (χ0) is 7.44.